The van der Waals surface area contributed by atoms with Gasteiger partial charge in [0.05, 0.1) is 11.4 Å². The molecule has 0 atom stereocenters. The Bertz CT molecular complexity index is 1490. The van der Waals surface area contributed by atoms with Gasteiger partial charge in [-0.2, -0.15) is 5.10 Å². The number of carbonyl (C=O) groups is 1. The van der Waals surface area contributed by atoms with Crippen LogP contribution in [0.25, 0.3) is 22.6 Å². The number of rotatable bonds is 6. The average Bonchev–Trinajstić information content (AvgIpc) is 3.48. The number of nitrogens with zero attached hydrogens (tertiary/aromatic N) is 3. The first-order chi connectivity index (χ1) is 16.6. The van der Waals surface area contributed by atoms with Gasteiger partial charge in [0.15, 0.2) is 4.77 Å². The highest BCUT2D eigenvalue weighted by Gasteiger charge is 2.17. The van der Waals surface area contributed by atoms with Gasteiger partial charge in [-0.3, -0.25) is 9.36 Å². The first-order valence-corrected chi connectivity index (χ1v) is 11.0. The van der Waals surface area contributed by atoms with E-state index in [1.165, 1.54) is 12.1 Å². The summed E-state index contributed by atoms with van der Waals surface area (Å²) in [5.41, 5.74) is 4.29. The number of carbonyl (C=O) groups excluding carboxylic acids is 1. The van der Waals surface area contributed by atoms with E-state index in [2.05, 4.69) is 10.3 Å². The SMILES string of the molecule is O=C(NCc1cn(-c2ccccc2)nc1-c1ccc(F)cc1)c1c[nH]c(=S)n1-c1ccccc1. The molecule has 0 unspecified atom stereocenters. The molecule has 34 heavy (non-hydrogen) atoms. The maximum Gasteiger partial charge on any atom is 0.270 e. The number of nitrogens with one attached hydrogen (secondary N) is 2. The van der Waals surface area contributed by atoms with Gasteiger partial charge in [0.25, 0.3) is 5.91 Å². The Kier molecular flexibility index (Phi) is 5.88. The summed E-state index contributed by atoms with van der Waals surface area (Å²) in [4.78, 5) is 16.1. The van der Waals surface area contributed by atoms with Gasteiger partial charge in [0, 0.05) is 35.8 Å². The minimum absolute atomic E-state index is 0.227. The zero-order valence-corrected chi connectivity index (χ0v) is 18.8. The van der Waals surface area contributed by atoms with Crippen LogP contribution in [0.4, 0.5) is 4.39 Å². The highest BCUT2D eigenvalue weighted by Crippen LogP contribution is 2.24. The fourth-order valence-electron chi connectivity index (χ4n) is 3.74. The van der Waals surface area contributed by atoms with Crippen LogP contribution < -0.4 is 5.32 Å². The van der Waals surface area contributed by atoms with E-state index in [9.17, 15) is 9.18 Å². The third kappa shape index (κ3) is 4.31. The van der Waals surface area contributed by atoms with Crippen molar-refractivity contribution < 1.29 is 9.18 Å². The van der Waals surface area contributed by atoms with Crippen molar-refractivity contribution >= 4 is 18.1 Å². The number of aromatic nitrogens is 4. The monoisotopic (exact) mass is 469 g/mol. The van der Waals surface area contributed by atoms with Crippen molar-refractivity contribution in [2.24, 2.45) is 0 Å². The molecule has 2 aromatic heterocycles. The van der Waals surface area contributed by atoms with E-state index >= 15 is 0 Å². The highest BCUT2D eigenvalue weighted by atomic mass is 32.1. The molecule has 0 fully saturated rings. The fraction of sp³-hybridized carbons (Fsp3) is 0.0385. The predicted octanol–water partition coefficient (Wildman–Crippen LogP) is 5.46. The minimum atomic E-state index is -0.321. The second-order valence-corrected chi connectivity index (χ2v) is 8.01. The molecule has 2 heterocycles. The maximum absolute atomic E-state index is 13.5. The molecule has 0 bridgehead atoms. The van der Waals surface area contributed by atoms with E-state index in [0.717, 1.165) is 22.5 Å². The lowest BCUT2D eigenvalue weighted by Crippen LogP contribution is -2.25. The van der Waals surface area contributed by atoms with E-state index in [0.29, 0.717) is 16.2 Å². The van der Waals surface area contributed by atoms with Crippen LogP contribution in [-0.4, -0.2) is 25.2 Å². The van der Waals surface area contributed by atoms with Gasteiger partial charge in [-0.05, 0) is 60.7 Å². The Hall–Kier alpha value is -4.30. The standard InChI is InChI=1S/C26H20FN5OS/c27-20-13-11-18(12-14-20)24-19(17-31(30-24)21-7-3-1-4-8-21)15-28-25(33)23-16-29-26(34)32(23)22-9-5-2-6-10-22/h1-14,16-17H,15H2,(H,28,33)(H,29,34). The van der Waals surface area contributed by atoms with Crippen molar-refractivity contribution in [3.05, 3.63) is 119 Å². The van der Waals surface area contributed by atoms with Gasteiger partial charge < -0.3 is 10.3 Å². The third-order valence-corrected chi connectivity index (χ3v) is 5.69. The summed E-state index contributed by atoms with van der Waals surface area (Å²) < 4.78 is 17.4. The molecule has 5 aromatic rings. The smallest absolute Gasteiger partial charge is 0.270 e. The third-order valence-electron chi connectivity index (χ3n) is 5.39. The molecular formula is C26H20FN5OS. The van der Waals surface area contributed by atoms with Gasteiger partial charge in [0.1, 0.15) is 11.5 Å². The van der Waals surface area contributed by atoms with E-state index < -0.39 is 0 Å². The number of amides is 1. The second-order valence-electron chi connectivity index (χ2n) is 7.62. The number of aromatic amines is 1. The van der Waals surface area contributed by atoms with Crippen molar-refractivity contribution in [1.82, 2.24) is 24.6 Å². The first kappa shape index (κ1) is 21.5. The highest BCUT2D eigenvalue weighted by molar-refractivity contribution is 7.71. The van der Waals surface area contributed by atoms with Gasteiger partial charge in [-0.1, -0.05) is 36.4 Å². The maximum atomic E-state index is 13.5. The molecule has 1 amide bonds. The molecule has 6 nitrogen and oxygen atoms in total. The molecule has 8 heteroatoms. The van der Waals surface area contributed by atoms with E-state index in [1.807, 2.05) is 66.9 Å². The number of imidazole rings is 1. The van der Waals surface area contributed by atoms with Crippen molar-refractivity contribution in [3.8, 4) is 22.6 Å². The summed E-state index contributed by atoms with van der Waals surface area (Å²) in [5.74, 6) is -0.604. The van der Waals surface area contributed by atoms with Crippen LogP contribution in [0.5, 0.6) is 0 Å². The molecule has 0 radical (unpaired) electrons. The molecule has 0 aliphatic rings. The molecule has 0 saturated heterocycles. The second kappa shape index (κ2) is 9.29. The van der Waals surface area contributed by atoms with Crippen LogP contribution in [0.15, 0.2) is 97.3 Å². The van der Waals surface area contributed by atoms with Crippen LogP contribution in [0, 0.1) is 10.6 Å². The molecule has 168 valence electrons. The zero-order chi connectivity index (χ0) is 23.5. The molecule has 0 aliphatic heterocycles. The quantitative estimate of drug-likeness (QED) is 0.325. The van der Waals surface area contributed by atoms with E-state index in [4.69, 9.17) is 17.3 Å². The lowest BCUT2D eigenvalue weighted by atomic mass is 10.1. The Morgan fingerprint density at radius 1 is 0.941 bits per heavy atom. The van der Waals surface area contributed by atoms with Crippen molar-refractivity contribution in [3.63, 3.8) is 0 Å². The van der Waals surface area contributed by atoms with E-state index in [1.54, 1.807) is 27.6 Å². The average molecular weight is 470 g/mol. The molecule has 0 spiro atoms. The first-order valence-electron chi connectivity index (χ1n) is 10.6. The summed E-state index contributed by atoms with van der Waals surface area (Å²) in [7, 11) is 0. The summed E-state index contributed by atoms with van der Waals surface area (Å²) in [6.07, 6.45) is 3.47. The lowest BCUT2D eigenvalue weighted by molar-refractivity contribution is 0.0944. The Morgan fingerprint density at radius 3 is 2.26 bits per heavy atom. The van der Waals surface area contributed by atoms with E-state index in [-0.39, 0.29) is 18.3 Å². The van der Waals surface area contributed by atoms with Crippen LogP contribution in [0.1, 0.15) is 16.1 Å². The van der Waals surface area contributed by atoms with Crippen molar-refractivity contribution in [2.75, 3.05) is 0 Å². The minimum Gasteiger partial charge on any atom is -0.346 e. The van der Waals surface area contributed by atoms with Crippen LogP contribution in [-0.2, 0) is 6.54 Å². The van der Waals surface area contributed by atoms with Gasteiger partial charge in [0.2, 0.25) is 0 Å². The lowest BCUT2D eigenvalue weighted by Gasteiger charge is -2.09. The molecule has 3 aromatic carbocycles. The van der Waals surface area contributed by atoms with Crippen LogP contribution >= 0.6 is 12.2 Å². The van der Waals surface area contributed by atoms with Crippen LogP contribution in [0.3, 0.4) is 0 Å². The number of para-hydroxylation sites is 2. The number of benzene rings is 3. The zero-order valence-electron chi connectivity index (χ0n) is 18.0. The van der Waals surface area contributed by atoms with Gasteiger partial charge >= 0.3 is 0 Å². The fourth-order valence-corrected chi connectivity index (χ4v) is 4.00. The van der Waals surface area contributed by atoms with Gasteiger partial charge in [-0.15, -0.1) is 0 Å². The number of hydrogen-bond donors (Lipinski definition) is 2. The number of H-pyrrole nitrogens is 1. The van der Waals surface area contributed by atoms with Crippen molar-refractivity contribution in [2.45, 2.75) is 6.54 Å². The molecule has 5 rings (SSSR count). The number of halogens is 1. The van der Waals surface area contributed by atoms with Gasteiger partial charge in [-0.25, -0.2) is 9.07 Å². The normalized spacial score (nSPS) is 10.9. The molecule has 2 N–H and O–H groups in total. The molecule has 0 saturated carbocycles. The Labute approximate surface area is 200 Å². The van der Waals surface area contributed by atoms with Crippen molar-refractivity contribution in [1.29, 1.82) is 0 Å². The summed E-state index contributed by atoms with van der Waals surface area (Å²) in [6.45, 7) is 0.227. The molecular weight excluding hydrogens is 449 g/mol. The summed E-state index contributed by atoms with van der Waals surface area (Å²) in [5, 5.41) is 7.69. The predicted molar refractivity (Wildman–Crippen MR) is 131 cm³/mol. The number of hydrogen-bond acceptors (Lipinski definition) is 3. The summed E-state index contributed by atoms with van der Waals surface area (Å²) >= 11 is 5.39. The Morgan fingerprint density at radius 2 is 1.59 bits per heavy atom. The largest absolute Gasteiger partial charge is 0.346 e. The summed E-state index contributed by atoms with van der Waals surface area (Å²) in [6, 6.07) is 25.3. The topological polar surface area (TPSA) is 67.6 Å². The van der Waals surface area contributed by atoms with Crippen LogP contribution in [0.2, 0.25) is 0 Å². The molecule has 0 aliphatic carbocycles. The Balaban J connectivity index is 1.46.